The molecule has 0 aromatic heterocycles. The molecule has 3 rings (SSSR count). The molecule has 2 aliphatic rings. The first-order valence-electron chi connectivity index (χ1n) is 7.96. The molecule has 0 aliphatic carbocycles. The first kappa shape index (κ1) is 19.0. The number of rotatable bonds is 5. The SMILES string of the molecule is Cl.NCC1CCCN1C(=O)CCS(=O)c1ccc2c(c1)OCCO2. The van der Waals surface area contributed by atoms with Crippen molar-refractivity contribution in [1.82, 2.24) is 4.90 Å². The number of likely N-dealkylation sites (tertiary alicyclic amines) is 1. The number of hydrogen-bond donors (Lipinski definition) is 1. The third-order valence-electron chi connectivity index (χ3n) is 4.25. The molecule has 134 valence electrons. The maximum atomic E-state index is 12.4. The zero-order valence-corrected chi connectivity index (χ0v) is 15.1. The monoisotopic (exact) mass is 374 g/mol. The predicted octanol–water partition coefficient (Wildman–Crippen LogP) is 1.33. The van der Waals surface area contributed by atoms with Gasteiger partial charge in [0.15, 0.2) is 11.5 Å². The normalized spacial score (nSPS) is 20.4. The second-order valence-electron chi connectivity index (χ2n) is 5.72. The molecule has 1 fully saturated rings. The van der Waals surface area contributed by atoms with E-state index in [0.717, 1.165) is 19.4 Å². The van der Waals surface area contributed by atoms with Gasteiger partial charge in [-0.25, -0.2) is 0 Å². The molecule has 0 radical (unpaired) electrons. The lowest BCUT2D eigenvalue weighted by Gasteiger charge is -2.23. The number of hydrogen-bond acceptors (Lipinski definition) is 5. The number of ether oxygens (including phenoxy) is 2. The molecule has 1 aromatic rings. The third-order valence-corrected chi connectivity index (χ3v) is 5.60. The molecule has 0 saturated carbocycles. The number of benzene rings is 1. The first-order valence-corrected chi connectivity index (χ1v) is 9.28. The van der Waals surface area contributed by atoms with E-state index in [4.69, 9.17) is 15.2 Å². The molecule has 2 aliphatic heterocycles. The van der Waals surface area contributed by atoms with Gasteiger partial charge >= 0.3 is 0 Å². The summed E-state index contributed by atoms with van der Waals surface area (Å²) in [5, 5.41) is 0. The Balaban J connectivity index is 0.00000208. The Kier molecular flexibility index (Phi) is 6.89. The van der Waals surface area contributed by atoms with Crippen molar-refractivity contribution in [3.8, 4) is 11.5 Å². The van der Waals surface area contributed by atoms with Crippen molar-refractivity contribution in [1.29, 1.82) is 0 Å². The number of nitrogens with zero attached hydrogens (tertiary/aromatic N) is 1. The fourth-order valence-corrected chi connectivity index (χ4v) is 4.07. The van der Waals surface area contributed by atoms with Crippen LogP contribution in [0, 0.1) is 0 Å². The van der Waals surface area contributed by atoms with E-state index >= 15 is 0 Å². The molecule has 2 atom stereocenters. The van der Waals surface area contributed by atoms with E-state index in [2.05, 4.69) is 0 Å². The van der Waals surface area contributed by atoms with Crippen LogP contribution in [0.15, 0.2) is 23.1 Å². The lowest BCUT2D eigenvalue weighted by Crippen LogP contribution is -2.40. The summed E-state index contributed by atoms with van der Waals surface area (Å²) in [7, 11) is -1.23. The molecule has 24 heavy (non-hydrogen) atoms. The van der Waals surface area contributed by atoms with E-state index in [1.54, 1.807) is 18.2 Å². The Morgan fingerprint density at radius 2 is 2.04 bits per heavy atom. The molecule has 6 nitrogen and oxygen atoms in total. The third kappa shape index (κ3) is 4.20. The fraction of sp³-hybridized carbons (Fsp3) is 0.562. The zero-order valence-electron chi connectivity index (χ0n) is 13.4. The highest BCUT2D eigenvalue weighted by Gasteiger charge is 2.27. The van der Waals surface area contributed by atoms with Crippen LogP contribution in [0.3, 0.4) is 0 Å². The first-order chi connectivity index (χ1) is 11.2. The Morgan fingerprint density at radius 1 is 1.29 bits per heavy atom. The van der Waals surface area contributed by atoms with E-state index in [0.29, 0.717) is 41.9 Å². The standard InChI is InChI=1S/C16H22N2O4S.ClH/c17-11-12-2-1-6-18(12)16(19)5-9-23(20)13-3-4-14-15(10-13)22-8-7-21-14;/h3-4,10,12H,1-2,5-9,11,17H2;1H. The molecule has 1 amide bonds. The summed E-state index contributed by atoms with van der Waals surface area (Å²) in [5.41, 5.74) is 5.69. The summed E-state index contributed by atoms with van der Waals surface area (Å²) in [6, 6.07) is 5.43. The minimum Gasteiger partial charge on any atom is -0.486 e. The van der Waals surface area contributed by atoms with Gasteiger partial charge in [-0.3, -0.25) is 9.00 Å². The van der Waals surface area contributed by atoms with Gasteiger partial charge in [-0.15, -0.1) is 12.4 Å². The maximum absolute atomic E-state index is 12.4. The van der Waals surface area contributed by atoms with Crippen molar-refractivity contribution < 1.29 is 18.5 Å². The van der Waals surface area contributed by atoms with Crippen molar-refractivity contribution >= 4 is 29.1 Å². The molecule has 0 bridgehead atoms. The highest BCUT2D eigenvalue weighted by molar-refractivity contribution is 7.85. The molecule has 0 spiro atoms. The number of carbonyl (C=O) groups excluding carboxylic acids is 1. The summed E-state index contributed by atoms with van der Waals surface area (Å²) in [6.45, 7) is 2.29. The number of nitrogens with two attached hydrogens (primary N) is 1. The Morgan fingerprint density at radius 3 is 2.79 bits per heavy atom. The predicted molar refractivity (Wildman–Crippen MR) is 94.4 cm³/mol. The van der Waals surface area contributed by atoms with Gasteiger partial charge < -0.3 is 20.1 Å². The molecule has 1 saturated heterocycles. The average molecular weight is 375 g/mol. The van der Waals surface area contributed by atoms with Crippen LogP contribution in [0.4, 0.5) is 0 Å². The minimum atomic E-state index is -1.23. The smallest absolute Gasteiger partial charge is 0.223 e. The number of carbonyl (C=O) groups is 1. The van der Waals surface area contributed by atoms with E-state index in [1.165, 1.54) is 0 Å². The van der Waals surface area contributed by atoms with Crippen molar-refractivity contribution in [3.05, 3.63) is 18.2 Å². The van der Waals surface area contributed by atoms with Crippen LogP contribution in [0.25, 0.3) is 0 Å². The van der Waals surface area contributed by atoms with Crippen LogP contribution in [0.5, 0.6) is 11.5 Å². The van der Waals surface area contributed by atoms with E-state index in [1.807, 2.05) is 4.90 Å². The molecule has 2 unspecified atom stereocenters. The van der Waals surface area contributed by atoms with E-state index in [-0.39, 0.29) is 30.8 Å². The van der Waals surface area contributed by atoms with E-state index in [9.17, 15) is 9.00 Å². The van der Waals surface area contributed by atoms with Crippen molar-refractivity contribution in [3.63, 3.8) is 0 Å². The van der Waals surface area contributed by atoms with Gasteiger partial charge in [-0.1, -0.05) is 0 Å². The van der Waals surface area contributed by atoms with Gasteiger partial charge in [0.2, 0.25) is 5.91 Å². The number of amides is 1. The second-order valence-corrected chi connectivity index (χ2v) is 7.29. The largest absolute Gasteiger partial charge is 0.486 e. The second kappa shape index (κ2) is 8.69. The van der Waals surface area contributed by atoms with Crippen LogP contribution in [-0.2, 0) is 15.6 Å². The van der Waals surface area contributed by atoms with Crippen molar-refractivity contribution in [2.45, 2.75) is 30.2 Å². The van der Waals surface area contributed by atoms with Crippen molar-refractivity contribution in [2.24, 2.45) is 5.73 Å². The average Bonchev–Trinajstić information content (AvgIpc) is 3.07. The van der Waals surface area contributed by atoms with Gasteiger partial charge in [0.25, 0.3) is 0 Å². The lowest BCUT2D eigenvalue weighted by atomic mass is 10.2. The van der Waals surface area contributed by atoms with Crippen LogP contribution in [0.2, 0.25) is 0 Å². The van der Waals surface area contributed by atoms with Crippen LogP contribution in [0.1, 0.15) is 19.3 Å². The van der Waals surface area contributed by atoms with E-state index < -0.39 is 10.8 Å². The quantitative estimate of drug-likeness (QED) is 0.840. The molecule has 8 heteroatoms. The zero-order chi connectivity index (χ0) is 16.2. The van der Waals surface area contributed by atoms with Gasteiger partial charge in [0.05, 0.1) is 10.8 Å². The summed E-state index contributed by atoms with van der Waals surface area (Å²) in [5.74, 6) is 1.66. The summed E-state index contributed by atoms with van der Waals surface area (Å²) < 4.78 is 23.4. The lowest BCUT2D eigenvalue weighted by molar-refractivity contribution is -0.131. The summed E-state index contributed by atoms with van der Waals surface area (Å²) in [6.07, 6.45) is 2.24. The molecular weight excluding hydrogens is 352 g/mol. The fourth-order valence-electron chi connectivity index (χ4n) is 3.02. The van der Waals surface area contributed by atoms with Crippen LogP contribution < -0.4 is 15.2 Å². The topological polar surface area (TPSA) is 81.9 Å². The Bertz CT molecular complexity index is 614. The molecular formula is C16H23ClN2O4S. The summed E-state index contributed by atoms with van der Waals surface area (Å²) >= 11 is 0. The highest BCUT2D eigenvalue weighted by Crippen LogP contribution is 2.31. The molecule has 1 aromatic carbocycles. The minimum absolute atomic E-state index is 0. The van der Waals surface area contributed by atoms with Crippen molar-refractivity contribution in [2.75, 3.05) is 32.1 Å². The Hall–Kier alpha value is -1.31. The summed E-state index contributed by atoms with van der Waals surface area (Å²) in [4.78, 5) is 14.8. The Labute approximate surface area is 150 Å². The number of fused-ring (bicyclic) bond motifs is 1. The molecule has 2 N–H and O–H groups in total. The maximum Gasteiger partial charge on any atom is 0.223 e. The van der Waals surface area contributed by atoms with Gasteiger partial charge in [0, 0.05) is 42.3 Å². The van der Waals surface area contributed by atoms with Gasteiger partial charge in [0.1, 0.15) is 13.2 Å². The van der Waals surface area contributed by atoms with Crippen LogP contribution in [-0.4, -0.2) is 53.1 Å². The van der Waals surface area contributed by atoms with Gasteiger partial charge in [-0.05, 0) is 25.0 Å². The molecule has 2 heterocycles. The highest BCUT2D eigenvalue weighted by atomic mass is 35.5. The number of halogens is 1. The van der Waals surface area contributed by atoms with Crippen LogP contribution >= 0.6 is 12.4 Å². The van der Waals surface area contributed by atoms with Gasteiger partial charge in [-0.2, -0.15) is 0 Å².